The van der Waals surface area contributed by atoms with Crippen LogP contribution in [-0.2, 0) is 0 Å². The molecule has 0 aromatic carbocycles. The minimum atomic E-state index is 0.478. The van der Waals surface area contributed by atoms with E-state index >= 15 is 0 Å². The van der Waals surface area contributed by atoms with Gasteiger partial charge in [-0.05, 0) is 45.5 Å². The largest absolute Gasteiger partial charge is 0.383 e. The van der Waals surface area contributed by atoms with Crippen LogP contribution in [0.25, 0.3) is 11.0 Å². The summed E-state index contributed by atoms with van der Waals surface area (Å²) in [6.45, 7) is 5.70. The molecule has 2 aromatic rings. The zero-order chi connectivity index (χ0) is 13.8. The zero-order valence-electron chi connectivity index (χ0n) is 11.6. The molecule has 6 nitrogen and oxygen atoms in total. The molecule has 0 radical (unpaired) electrons. The van der Waals surface area contributed by atoms with Crippen LogP contribution in [0.5, 0.6) is 0 Å². The summed E-state index contributed by atoms with van der Waals surface area (Å²) in [6.07, 6.45) is 0.998. The van der Waals surface area contributed by atoms with Crippen LogP contribution in [0.15, 0.2) is 6.07 Å². The second-order valence-corrected chi connectivity index (χ2v) is 4.60. The molecule has 4 N–H and O–H groups in total. The summed E-state index contributed by atoms with van der Waals surface area (Å²) in [5.41, 5.74) is 8.64. The molecule has 0 saturated carbocycles. The zero-order valence-corrected chi connectivity index (χ0v) is 11.6. The number of nitrogens with zero attached hydrogens (tertiary/aromatic N) is 3. The standard InChI is InChI=1S/C13H20N6/c1-8-7-9(2)17-12-10(8)11(14)18-13(19-12)16-6-4-5-15-3/h7,15H,4-6H2,1-3H3,(H3,14,16,17,18,19). The molecule has 0 bridgehead atoms. The van der Waals surface area contributed by atoms with Crippen LogP contribution >= 0.6 is 0 Å². The lowest BCUT2D eigenvalue weighted by Gasteiger charge is -2.09. The van der Waals surface area contributed by atoms with Gasteiger partial charge in [0.25, 0.3) is 0 Å². The van der Waals surface area contributed by atoms with Gasteiger partial charge in [-0.25, -0.2) is 4.98 Å². The summed E-state index contributed by atoms with van der Waals surface area (Å²) in [6, 6.07) is 1.99. The summed E-state index contributed by atoms with van der Waals surface area (Å²) < 4.78 is 0. The first-order valence-corrected chi connectivity index (χ1v) is 6.41. The summed E-state index contributed by atoms with van der Waals surface area (Å²) in [5, 5.41) is 7.10. The molecule has 0 saturated heterocycles. The highest BCUT2D eigenvalue weighted by atomic mass is 15.1. The Morgan fingerprint density at radius 3 is 2.68 bits per heavy atom. The molecule has 102 valence electrons. The number of fused-ring (bicyclic) bond motifs is 1. The fourth-order valence-electron chi connectivity index (χ4n) is 2.05. The van der Waals surface area contributed by atoms with Gasteiger partial charge in [-0.2, -0.15) is 9.97 Å². The predicted molar refractivity (Wildman–Crippen MR) is 78.3 cm³/mol. The van der Waals surface area contributed by atoms with E-state index in [4.69, 9.17) is 5.73 Å². The first kappa shape index (κ1) is 13.5. The van der Waals surface area contributed by atoms with Crippen LogP contribution in [0, 0.1) is 13.8 Å². The second-order valence-electron chi connectivity index (χ2n) is 4.60. The van der Waals surface area contributed by atoms with Gasteiger partial charge in [-0.15, -0.1) is 0 Å². The van der Waals surface area contributed by atoms with Crippen LogP contribution in [0.3, 0.4) is 0 Å². The highest BCUT2D eigenvalue weighted by Crippen LogP contribution is 2.22. The predicted octanol–water partition coefficient (Wildman–Crippen LogP) is 1.25. The molecule has 0 unspecified atom stereocenters. The van der Waals surface area contributed by atoms with Crippen molar-refractivity contribution >= 4 is 22.8 Å². The lowest BCUT2D eigenvalue weighted by Crippen LogP contribution is -2.14. The van der Waals surface area contributed by atoms with E-state index in [1.165, 1.54) is 0 Å². The Labute approximate surface area is 112 Å². The van der Waals surface area contributed by atoms with Crippen molar-refractivity contribution in [1.29, 1.82) is 0 Å². The molecular weight excluding hydrogens is 240 g/mol. The number of anilines is 2. The van der Waals surface area contributed by atoms with Gasteiger partial charge in [-0.1, -0.05) is 0 Å². The van der Waals surface area contributed by atoms with Crippen molar-refractivity contribution in [3.8, 4) is 0 Å². The third-order valence-corrected chi connectivity index (χ3v) is 2.91. The van der Waals surface area contributed by atoms with Crippen molar-refractivity contribution in [2.45, 2.75) is 20.3 Å². The number of aryl methyl sites for hydroxylation is 2. The van der Waals surface area contributed by atoms with E-state index in [-0.39, 0.29) is 0 Å². The summed E-state index contributed by atoms with van der Waals surface area (Å²) in [5.74, 6) is 1.02. The first-order valence-electron chi connectivity index (χ1n) is 6.41. The molecule has 0 aliphatic heterocycles. The lowest BCUT2D eigenvalue weighted by molar-refractivity contribution is 0.745. The third kappa shape index (κ3) is 3.08. The third-order valence-electron chi connectivity index (χ3n) is 2.91. The number of nitrogen functional groups attached to an aromatic ring is 1. The topological polar surface area (TPSA) is 88.8 Å². The van der Waals surface area contributed by atoms with Gasteiger partial charge in [0, 0.05) is 12.2 Å². The lowest BCUT2D eigenvalue weighted by atomic mass is 10.1. The summed E-state index contributed by atoms with van der Waals surface area (Å²) in [7, 11) is 1.93. The average Bonchev–Trinajstić information content (AvgIpc) is 2.33. The maximum absolute atomic E-state index is 5.99. The molecule has 2 heterocycles. The molecule has 0 aliphatic rings. The Morgan fingerprint density at radius 1 is 1.16 bits per heavy atom. The van der Waals surface area contributed by atoms with E-state index in [0.29, 0.717) is 17.4 Å². The number of hydrogen-bond acceptors (Lipinski definition) is 6. The van der Waals surface area contributed by atoms with E-state index in [0.717, 1.165) is 36.2 Å². The van der Waals surface area contributed by atoms with Crippen molar-refractivity contribution < 1.29 is 0 Å². The molecule has 0 fully saturated rings. The number of rotatable bonds is 5. The Bertz CT molecular complexity index is 581. The van der Waals surface area contributed by atoms with E-state index in [2.05, 4.69) is 25.6 Å². The summed E-state index contributed by atoms with van der Waals surface area (Å²) in [4.78, 5) is 13.1. The van der Waals surface area contributed by atoms with Crippen molar-refractivity contribution in [2.75, 3.05) is 31.2 Å². The number of hydrogen-bond donors (Lipinski definition) is 3. The fraction of sp³-hybridized carbons (Fsp3) is 0.462. The molecule has 2 rings (SSSR count). The van der Waals surface area contributed by atoms with E-state index < -0.39 is 0 Å². The van der Waals surface area contributed by atoms with E-state index in [1.54, 1.807) is 0 Å². The Morgan fingerprint density at radius 2 is 1.95 bits per heavy atom. The molecule has 2 aromatic heterocycles. The SMILES string of the molecule is CNCCCNc1nc(N)c2c(C)cc(C)nc2n1. The van der Waals surface area contributed by atoms with Crippen LogP contribution in [0.1, 0.15) is 17.7 Å². The van der Waals surface area contributed by atoms with Crippen molar-refractivity contribution in [1.82, 2.24) is 20.3 Å². The van der Waals surface area contributed by atoms with E-state index in [1.807, 2.05) is 27.0 Å². The first-order chi connectivity index (χ1) is 9.11. The number of aromatic nitrogens is 3. The van der Waals surface area contributed by atoms with Crippen LogP contribution in [-0.4, -0.2) is 35.1 Å². The Kier molecular flexibility index (Phi) is 4.11. The average molecular weight is 260 g/mol. The van der Waals surface area contributed by atoms with Crippen LogP contribution in [0.2, 0.25) is 0 Å². The number of nitrogens with one attached hydrogen (secondary N) is 2. The smallest absolute Gasteiger partial charge is 0.226 e. The molecule has 6 heteroatoms. The van der Waals surface area contributed by atoms with Crippen LogP contribution in [0.4, 0.5) is 11.8 Å². The molecule has 0 aliphatic carbocycles. The molecular formula is C13H20N6. The monoisotopic (exact) mass is 260 g/mol. The fourth-order valence-corrected chi connectivity index (χ4v) is 2.05. The van der Waals surface area contributed by atoms with Gasteiger partial charge >= 0.3 is 0 Å². The highest BCUT2D eigenvalue weighted by molar-refractivity contribution is 5.89. The molecule has 0 spiro atoms. The quantitative estimate of drug-likeness (QED) is 0.701. The van der Waals surface area contributed by atoms with E-state index in [9.17, 15) is 0 Å². The van der Waals surface area contributed by atoms with Gasteiger partial charge in [0.1, 0.15) is 5.82 Å². The normalized spacial score (nSPS) is 10.9. The maximum atomic E-state index is 5.99. The van der Waals surface area contributed by atoms with Crippen molar-refractivity contribution in [2.24, 2.45) is 0 Å². The van der Waals surface area contributed by atoms with Gasteiger partial charge in [0.05, 0.1) is 5.39 Å². The minimum Gasteiger partial charge on any atom is -0.383 e. The van der Waals surface area contributed by atoms with Gasteiger partial charge < -0.3 is 16.4 Å². The number of nitrogens with two attached hydrogens (primary N) is 1. The molecule has 19 heavy (non-hydrogen) atoms. The van der Waals surface area contributed by atoms with Crippen molar-refractivity contribution in [3.05, 3.63) is 17.3 Å². The maximum Gasteiger partial charge on any atom is 0.226 e. The molecule has 0 atom stereocenters. The minimum absolute atomic E-state index is 0.478. The second kappa shape index (κ2) is 5.79. The molecule has 0 amide bonds. The Balaban J connectivity index is 2.28. The van der Waals surface area contributed by atoms with Crippen LogP contribution < -0.4 is 16.4 Å². The Hall–Kier alpha value is -1.95. The highest BCUT2D eigenvalue weighted by Gasteiger charge is 2.09. The van der Waals surface area contributed by atoms with Crippen molar-refractivity contribution in [3.63, 3.8) is 0 Å². The van der Waals surface area contributed by atoms with Gasteiger partial charge in [0.15, 0.2) is 5.65 Å². The van der Waals surface area contributed by atoms with Gasteiger partial charge in [0.2, 0.25) is 5.95 Å². The summed E-state index contributed by atoms with van der Waals surface area (Å²) >= 11 is 0. The number of pyridine rings is 1. The van der Waals surface area contributed by atoms with Gasteiger partial charge in [-0.3, -0.25) is 0 Å².